The minimum atomic E-state index is -0.440. The van der Waals surface area contributed by atoms with Crippen molar-refractivity contribution in [3.05, 3.63) is 0 Å². The predicted molar refractivity (Wildman–Crippen MR) is 63.7 cm³/mol. The first kappa shape index (κ1) is 12.6. The molecule has 17 heavy (non-hydrogen) atoms. The van der Waals surface area contributed by atoms with Crippen LogP contribution >= 0.6 is 0 Å². The molecule has 0 aromatic carbocycles. The van der Waals surface area contributed by atoms with E-state index in [1.54, 1.807) is 4.90 Å². The Morgan fingerprint density at radius 1 is 1.53 bits per heavy atom. The van der Waals surface area contributed by atoms with Gasteiger partial charge in [0.15, 0.2) is 0 Å². The first-order valence-corrected chi connectivity index (χ1v) is 6.16. The molecule has 2 rings (SSSR count). The SMILES string of the molecule is CC(C)(C)OC(=O)N1CC2(CNC[C@H]2CO)C1. The Morgan fingerprint density at radius 2 is 2.18 bits per heavy atom. The zero-order valence-electron chi connectivity index (χ0n) is 10.8. The predicted octanol–water partition coefficient (Wildman–Crippen LogP) is 0.435. The molecule has 2 saturated heterocycles. The van der Waals surface area contributed by atoms with E-state index in [0.717, 1.165) is 13.1 Å². The van der Waals surface area contributed by atoms with Gasteiger partial charge in [-0.3, -0.25) is 0 Å². The molecule has 2 aliphatic heterocycles. The number of nitrogens with zero attached hydrogens (tertiary/aromatic N) is 1. The van der Waals surface area contributed by atoms with Crippen molar-refractivity contribution in [2.45, 2.75) is 26.4 Å². The molecular weight excluding hydrogens is 220 g/mol. The van der Waals surface area contributed by atoms with E-state index in [4.69, 9.17) is 4.74 Å². The summed E-state index contributed by atoms with van der Waals surface area (Å²) in [7, 11) is 0. The molecule has 2 heterocycles. The number of likely N-dealkylation sites (tertiary alicyclic amines) is 1. The lowest BCUT2D eigenvalue weighted by atomic mass is 9.72. The van der Waals surface area contributed by atoms with E-state index in [1.165, 1.54) is 0 Å². The van der Waals surface area contributed by atoms with Gasteiger partial charge in [0.25, 0.3) is 0 Å². The van der Waals surface area contributed by atoms with E-state index >= 15 is 0 Å². The van der Waals surface area contributed by atoms with Crippen LogP contribution in [0.1, 0.15) is 20.8 Å². The van der Waals surface area contributed by atoms with Crippen molar-refractivity contribution in [1.82, 2.24) is 10.2 Å². The van der Waals surface area contributed by atoms with Crippen molar-refractivity contribution in [3.63, 3.8) is 0 Å². The zero-order valence-corrected chi connectivity index (χ0v) is 10.8. The third-order valence-electron chi connectivity index (χ3n) is 3.62. The summed E-state index contributed by atoms with van der Waals surface area (Å²) in [4.78, 5) is 13.5. The summed E-state index contributed by atoms with van der Waals surface area (Å²) < 4.78 is 5.32. The average molecular weight is 242 g/mol. The Kier molecular flexibility index (Phi) is 3.08. The molecule has 0 aromatic heterocycles. The number of nitrogens with one attached hydrogen (secondary N) is 1. The lowest BCUT2D eigenvalue weighted by Crippen LogP contribution is -2.63. The quantitative estimate of drug-likeness (QED) is 0.700. The minimum Gasteiger partial charge on any atom is -0.444 e. The molecule has 0 bridgehead atoms. The van der Waals surface area contributed by atoms with Crippen molar-refractivity contribution < 1.29 is 14.6 Å². The van der Waals surface area contributed by atoms with Gasteiger partial charge in [-0.15, -0.1) is 0 Å². The Morgan fingerprint density at radius 3 is 2.71 bits per heavy atom. The first-order valence-electron chi connectivity index (χ1n) is 6.16. The van der Waals surface area contributed by atoms with Crippen molar-refractivity contribution in [2.24, 2.45) is 11.3 Å². The third kappa shape index (κ3) is 2.40. The van der Waals surface area contributed by atoms with Gasteiger partial charge in [-0.1, -0.05) is 0 Å². The number of hydrogen-bond acceptors (Lipinski definition) is 4. The number of amides is 1. The molecule has 2 aliphatic rings. The summed E-state index contributed by atoms with van der Waals surface area (Å²) in [6, 6.07) is 0. The molecule has 2 fully saturated rings. The zero-order chi connectivity index (χ0) is 12.7. The standard InChI is InChI=1S/C12H22N2O3/c1-11(2,3)17-10(16)14-7-12(8-14)6-13-4-9(12)5-15/h9,13,15H,4-8H2,1-3H3/t9-/m0/s1. The molecule has 0 aromatic rings. The van der Waals surface area contributed by atoms with E-state index in [1.807, 2.05) is 20.8 Å². The maximum atomic E-state index is 11.8. The molecule has 98 valence electrons. The highest BCUT2D eigenvalue weighted by Crippen LogP contribution is 2.40. The van der Waals surface area contributed by atoms with Gasteiger partial charge in [0.1, 0.15) is 5.60 Å². The van der Waals surface area contributed by atoms with Crippen LogP contribution in [0.15, 0.2) is 0 Å². The summed E-state index contributed by atoms with van der Waals surface area (Å²) in [5.74, 6) is 0.265. The summed E-state index contributed by atoms with van der Waals surface area (Å²) in [5.41, 5.74) is -0.365. The number of hydrogen-bond donors (Lipinski definition) is 2. The minimum absolute atomic E-state index is 0.0751. The van der Waals surface area contributed by atoms with E-state index in [2.05, 4.69) is 5.32 Å². The molecule has 5 nitrogen and oxygen atoms in total. The van der Waals surface area contributed by atoms with Crippen LogP contribution in [0.5, 0.6) is 0 Å². The van der Waals surface area contributed by atoms with Gasteiger partial charge < -0.3 is 20.1 Å². The highest BCUT2D eigenvalue weighted by molar-refractivity contribution is 5.69. The fourth-order valence-electron chi connectivity index (χ4n) is 2.65. The van der Waals surface area contributed by atoms with Crippen LogP contribution in [0.2, 0.25) is 0 Å². The van der Waals surface area contributed by atoms with Crippen molar-refractivity contribution in [3.8, 4) is 0 Å². The van der Waals surface area contributed by atoms with E-state index in [0.29, 0.717) is 13.1 Å². The summed E-state index contributed by atoms with van der Waals surface area (Å²) in [6.07, 6.45) is -0.244. The number of carbonyl (C=O) groups excluding carboxylic acids is 1. The fourth-order valence-corrected chi connectivity index (χ4v) is 2.65. The number of aliphatic hydroxyl groups excluding tert-OH is 1. The van der Waals surface area contributed by atoms with E-state index in [9.17, 15) is 9.90 Å². The largest absolute Gasteiger partial charge is 0.444 e. The summed E-state index contributed by atoms with van der Waals surface area (Å²) in [5, 5.41) is 12.6. The lowest BCUT2D eigenvalue weighted by molar-refractivity contribution is -0.0512. The van der Waals surface area contributed by atoms with Gasteiger partial charge in [0, 0.05) is 44.1 Å². The van der Waals surface area contributed by atoms with Crippen molar-refractivity contribution in [2.75, 3.05) is 32.8 Å². The number of rotatable bonds is 1. The summed E-state index contributed by atoms with van der Waals surface area (Å²) in [6.45, 7) is 8.92. The highest BCUT2D eigenvalue weighted by atomic mass is 16.6. The Labute approximate surface area is 102 Å². The van der Waals surface area contributed by atoms with E-state index in [-0.39, 0.29) is 24.0 Å². The van der Waals surface area contributed by atoms with Gasteiger partial charge in [0.2, 0.25) is 0 Å². The topological polar surface area (TPSA) is 61.8 Å². The maximum Gasteiger partial charge on any atom is 0.410 e. The first-order chi connectivity index (χ1) is 7.86. The molecule has 0 unspecified atom stereocenters. The maximum absolute atomic E-state index is 11.8. The Bertz CT molecular complexity index is 305. The highest BCUT2D eigenvalue weighted by Gasteiger charge is 2.53. The molecule has 0 saturated carbocycles. The molecule has 1 atom stereocenters. The molecule has 2 N–H and O–H groups in total. The van der Waals surface area contributed by atoms with Gasteiger partial charge in [-0.2, -0.15) is 0 Å². The van der Waals surface area contributed by atoms with Crippen LogP contribution < -0.4 is 5.32 Å². The molecule has 1 amide bonds. The number of carbonyl (C=O) groups is 1. The van der Waals surface area contributed by atoms with Crippen LogP contribution in [0.25, 0.3) is 0 Å². The lowest BCUT2D eigenvalue weighted by Gasteiger charge is -2.50. The van der Waals surface area contributed by atoms with Gasteiger partial charge >= 0.3 is 6.09 Å². The second kappa shape index (κ2) is 4.14. The smallest absolute Gasteiger partial charge is 0.410 e. The van der Waals surface area contributed by atoms with Crippen LogP contribution in [0, 0.1) is 11.3 Å². The van der Waals surface area contributed by atoms with Crippen LogP contribution in [0.4, 0.5) is 4.79 Å². The second-order valence-corrected chi connectivity index (χ2v) is 6.21. The molecule has 0 radical (unpaired) electrons. The van der Waals surface area contributed by atoms with Crippen LogP contribution in [-0.4, -0.2) is 54.5 Å². The fraction of sp³-hybridized carbons (Fsp3) is 0.917. The Balaban J connectivity index is 1.88. The van der Waals surface area contributed by atoms with Crippen LogP contribution in [0.3, 0.4) is 0 Å². The van der Waals surface area contributed by atoms with Crippen molar-refractivity contribution >= 4 is 6.09 Å². The molecule has 0 aliphatic carbocycles. The van der Waals surface area contributed by atoms with Crippen molar-refractivity contribution in [1.29, 1.82) is 0 Å². The number of ether oxygens (including phenoxy) is 1. The van der Waals surface area contributed by atoms with Gasteiger partial charge in [-0.05, 0) is 20.8 Å². The van der Waals surface area contributed by atoms with Gasteiger partial charge in [0.05, 0.1) is 0 Å². The van der Waals surface area contributed by atoms with E-state index < -0.39 is 5.60 Å². The number of aliphatic hydroxyl groups is 1. The van der Waals surface area contributed by atoms with Crippen LogP contribution in [-0.2, 0) is 4.74 Å². The Hall–Kier alpha value is -0.810. The molecule has 5 heteroatoms. The third-order valence-corrected chi connectivity index (χ3v) is 3.62. The monoisotopic (exact) mass is 242 g/mol. The molecule has 1 spiro atoms. The second-order valence-electron chi connectivity index (χ2n) is 6.21. The molecular formula is C12H22N2O3. The van der Waals surface area contributed by atoms with Gasteiger partial charge in [-0.25, -0.2) is 4.79 Å². The summed E-state index contributed by atoms with van der Waals surface area (Å²) >= 11 is 0. The normalized spacial score (nSPS) is 27.1. The average Bonchev–Trinajstić information content (AvgIpc) is 2.55.